The van der Waals surface area contributed by atoms with Gasteiger partial charge in [0.15, 0.2) is 0 Å². The number of likely N-dealkylation sites (N-methyl/N-ethyl adjacent to an activating group) is 1. The van der Waals surface area contributed by atoms with E-state index in [2.05, 4.69) is 5.32 Å². The molecular formula is C12H24N2O3. The van der Waals surface area contributed by atoms with Gasteiger partial charge < -0.3 is 19.7 Å². The molecule has 1 aliphatic heterocycles. The summed E-state index contributed by atoms with van der Waals surface area (Å²) in [5.74, 6) is 0. The summed E-state index contributed by atoms with van der Waals surface area (Å²) in [5, 5.41) is 3.32. The Morgan fingerprint density at radius 2 is 2.06 bits per heavy atom. The van der Waals surface area contributed by atoms with E-state index in [1.54, 1.807) is 12.0 Å². The van der Waals surface area contributed by atoms with E-state index < -0.39 is 5.60 Å². The normalized spacial score (nSPS) is 25.1. The van der Waals surface area contributed by atoms with Crippen LogP contribution in [0.15, 0.2) is 0 Å². The highest BCUT2D eigenvalue weighted by Crippen LogP contribution is 2.17. The van der Waals surface area contributed by atoms with E-state index in [0.29, 0.717) is 13.1 Å². The molecule has 0 aliphatic carbocycles. The van der Waals surface area contributed by atoms with Crippen LogP contribution in [0.1, 0.15) is 27.7 Å². The summed E-state index contributed by atoms with van der Waals surface area (Å²) in [7, 11) is 1.67. The molecule has 17 heavy (non-hydrogen) atoms. The lowest BCUT2D eigenvalue weighted by molar-refractivity contribution is 0.0252. The van der Waals surface area contributed by atoms with Gasteiger partial charge in [0.2, 0.25) is 0 Å². The highest BCUT2D eigenvalue weighted by molar-refractivity contribution is 5.68. The number of nitrogens with one attached hydrogen (secondary N) is 1. The predicted octanol–water partition coefficient (Wildman–Crippen LogP) is 1.23. The van der Waals surface area contributed by atoms with Crippen LogP contribution in [0.5, 0.6) is 0 Å². The number of rotatable bonds is 3. The van der Waals surface area contributed by atoms with Crippen molar-refractivity contribution in [3.8, 4) is 0 Å². The number of hydrogen-bond acceptors (Lipinski definition) is 4. The number of nitrogens with zero attached hydrogens (tertiary/aromatic N) is 1. The molecule has 5 heteroatoms. The Morgan fingerprint density at radius 1 is 1.41 bits per heavy atom. The lowest BCUT2D eigenvalue weighted by Gasteiger charge is -2.24. The lowest BCUT2D eigenvalue weighted by Crippen LogP contribution is -2.40. The zero-order valence-electron chi connectivity index (χ0n) is 11.4. The van der Waals surface area contributed by atoms with Crippen molar-refractivity contribution in [1.29, 1.82) is 0 Å². The molecule has 1 heterocycles. The topological polar surface area (TPSA) is 50.8 Å². The quantitative estimate of drug-likeness (QED) is 0.811. The molecule has 0 saturated carbocycles. The summed E-state index contributed by atoms with van der Waals surface area (Å²) in [5.41, 5.74) is -0.448. The number of hydrogen-bond donors (Lipinski definition) is 1. The number of carbonyl (C=O) groups excluding carboxylic acids is 1. The van der Waals surface area contributed by atoms with Gasteiger partial charge in [-0.3, -0.25) is 0 Å². The first-order chi connectivity index (χ1) is 7.87. The second-order valence-corrected chi connectivity index (χ2v) is 5.32. The van der Waals surface area contributed by atoms with E-state index in [-0.39, 0.29) is 18.2 Å². The molecule has 0 bridgehead atoms. The summed E-state index contributed by atoms with van der Waals surface area (Å²) in [6.45, 7) is 9.75. The van der Waals surface area contributed by atoms with Crippen LogP contribution in [-0.2, 0) is 9.47 Å². The van der Waals surface area contributed by atoms with Crippen molar-refractivity contribution in [2.24, 2.45) is 0 Å². The third kappa shape index (κ3) is 4.16. The van der Waals surface area contributed by atoms with Crippen LogP contribution < -0.4 is 5.32 Å². The molecule has 1 saturated heterocycles. The Morgan fingerprint density at radius 3 is 2.53 bits per heavy atom. The van der Waals surface area contributed by atoms with E-state index in [1.807, 2.05) is 27.7 Å². The molecule has 100 valence electrons. The smallest absolute Gasteiger partial charge is 0.410 e. The molecule has 2 atom stereocenters. The van der Waals surface area contributed by atoms with Crippen LogP contribution in [0.25, 0.3) is 0 Å². The molecule has 2 unspecified atom stereocenters. The van der Waals surface area contributed by atoms with E-state index in [4.69, 9.17) is 9.47 Å². The first-order valence-corrected chi connectivity index (χ1v) is 6.11. The van der Waals surface area contributed by atoms with Crippen LogP contribution in [-0.4, -0.2) is 55.5 Å². The second kappa shape index (κ2) is 5.69. The highest BCUT2D eigenvalue weighted by Gasteiger charge is 2.36. The Bertz CT molecular complexity index is 263. The maximum Gasteiger partial charge on any atom is 0.410 e. The van der Waals surface area contributed by atoms with E-state index >= 15 is 0 Å². The van der Waals surface area contributed by atoms with Crippen LogP contribution in [0.4, 0.5) is 4.79 Å². The largest absolute Gasteiger partial charge is 0.444 e. The van der Waals surface area contributed by atoms with Crippen LogP contribution in [0.3, 0.4) is 0 Å². The molecule has 0 spiro atoms. The second-order valence-electron chi connectivity index (χ2n) is 5.32. The third-order valence-electron chi connectivity index (χ3n) is 2.69. The number of amides is 1. The fraction of sp³-hybridized carbons (Fsp3) is 0.917. The van der Waals surface area contributed by atoms with Crippen molar-refractivity contribution in [1.82, 2.24) is 10.2 Å². The van der Waals surface area contributed by atoms with Gasteiger partial charge in [0.05, 0.1) is 18.7 Å². The molecule has 1 aliphatic rings. The van der Waals surface area contributed by atoms with Gasteiger partial charge in [-0.1, -0.05) is 6.92 Å². The van der Waals surface area contributed by atoms with E-state index in [9.17, 15) is 4.79 Å². The van der Waals surface area contributed by atoms with Crippen molar-refractivity contribution in [3.05, 3.63) is 0 Å². The van der Waals surface area contributed by atoms with Crippen LogP contribution in [0.2, 0.25) is 0 Å². The fourth-order valence-electron chi connectivity index (χ4n) is 1.95. The summed E-state index contributed by atoms with van der Waals surface area (Å²) in [6.07, 6.45) is -0.220. The molecular weight excluding hydrogens is 220 g/mol. The maximum atomic E-state index is 11.9. The van der Waals surface area contributed by atoms with Crippen molar-refractivity contribution in [2.45, 2.75) is 45.4 Å². The van der Waals surface area contributed by atoms with Crippen molar-refractivity contribution in [3.63, 3.8) is 0 Å². The van der Waals surface area contributed by atoms with Gasteiger partial charge in [0, 0.05) is 13.7 Å². The molecule has 0 aromatic heterocycles. The van der Waals surface area contributed by atoms with Gasteiger partial charge in [-0.05, 0) is 27.3 Å². The minimum atomic E-state index is -0.448. The Labute approximate surface area is 103 Å². The van der Waals surface area contributed by atoms with Crippen LogP contribution >= 0.6 is 0 Å². The predicted molar refractivity (Wildman–Crippen MR) is 66.1 cm³/mol. The molecule has 1 N–H and O–H groups in total. The van der Waals surface area contributed by atoms with Gasteiger partial charge in [0.1, 0.15) is 5.60 Å². The minimum absolute atomic E-state index is 0.0440. The molecule has 0 aromatic rings. The number of carbonyl (C=O) groups is 1. The van der Waals surface area contributed by atoms with Crippen molar-refractivity contribution < 1.29 is 14.3 Å². The zero-order valence-corrected chi connectivity index (χ0v) is 11.4. The number of likely N-dealkylation sites (tertiary alicyclic amines) is 1. The van der Waals surface area contributed by atoms with Crippen molar-refractivity contribution in [2.75, 3.05) is 26.7 Å². The lowest BCUT2D eigenvalue weighted by atomic mass is 10.2. The van der Waals surface area contributed by atoms with Gasteiger partial charge >= 0.3 is 6.09 Å². The monoisotopic (exact) mass is 244 g/mol. The van der Waals surface area contributed by atoms with E-state index in [1.165, 1.54) is 0 Å². The van der Waals surface area contributed by atoms with Gasteiger partial charge in [-0.25, -0.2) is 4.79 Å². The Kier molecular flexibility index (Phi) is 4.77. The van der Waals surface area contributed by atoms with Gasteiger partial charge in [0.25, 0.3) is 0 Å². The maximum absolute atomic E-state index is 11.9. The standard InChI is InChI=1S/C12H24N2O3/c1-6-13-9-7-14(8-10(9)16-5)11(15)17-12(2,3)4/h9-10,13H,6-8H2,1-5H3. The molecule has 5 nitrogen and oxygen atoms in total. The van der Waals surface area contributed by atoms with Gasteiger partial charge in [-0.2, -0.15) is 0 Å². The van der Waals surface area contributed by atoms with Crippen LogP contribution in [0, 0.1) is 0 Å². The summed E-state index contributed by atoms with van der Waals surface area (Å²) in [4.78, 5) is 13.6. The van der Waals surface area contributed by atoms with Gasteiger partial charge in [-0.15, -0.1) is 0 Å². The zero-order chi connectivity index (χ0) is 13.1. The first kappa shape index (κ1) is 14.3. The molecule has 1 fully saturated rings. The number of methoxy groups -OCH3 is 1. The third-order valence-corrected chi connectivity index (χ3v) is 2.69. The average Bonchev–Trinajstić information content (AvgIpc) is 2.59. The summed E-state index contributed by atoms with van der Waals surface area (Å²) >= 11 is 0. The van der Waals surface area contributed by atoms with E-state index in [0.717, 1.165) is 6.54 Å². The summed E-state index contributed by atoms with van der Waals surface area (Å²) in [6, 6.07) is 0.192. The number of ether oxygens (including phenoxy) is 2. The SMILES string of the molecule is CCNC1CN(C(=O)OC(C)(C)C)CC1OC. The fourth-order valence-corrected chi connectivity index (χ4v) is 1.95. The molecule has 1 rings (SSSR count). The summed E-state index contributed by atoms with van der Waals surface area (Å²) < 4.78 is 10.7. The minimum Gasteiger partial charge on any atom is -0.444 e. The molecule has 1 amide bonds. The molecule has 0 aromatic carbocycles. The Balaban J connectivity index is 2.54. The molecule has 0 radical (unpaired) electrons. The average molecular weight is 244 g/mol. The van der Waals surface area contributed by atoms with Crippen molar-refractivity contribution >= 4 is 6.09 Å². The highest BCUT2D eigenvalue weighted by atomic mass is 16.6. The Hall–Kier alpha value is -0.810. The first-order valence-electron chi connectivity index (χ1n) is 6.11.